The zero-order valence-electron chi connectivity index (χ0n) is 12.1. The molecule has 5 heteroatoms. The summed E-state index contributed by atoms with van der Waals surface area (Å²) in [7, 11) is 1.96. The lowest BCUT2D eigenvalue weighted by Crippen LogP contribution is -2.25. The van der Waals surface area contributed by atoms with Gasteiger partial charge in [0.05, 0.1) is 17.5 Å². The fourth-order valence-corrected chi connectivity index (χ4v) is 2.13. The molecule has 20 heavy (non-hydrogen) atoms. The summed E-state index contributed by atoms with van der Waals surface area (Å²) in [5.41, 5.74) is 0.907. The molecule has 1 aromatic heterocycles. The molecule has 1 N–H and O–H groups in total. The van der Waals surface area contributed by atoms with Gasteiger partial charge in [0.1, 0.15) is 5.82 Å². The maximum absolute atomic E-state index is 8.96. The minimum Gasteiger partial charge on any atom is -0.358 e. The van der Waals surface area contributed by atoms with Gasteiger partial charge in [0.25, 0.3) is 0 Å². The molecule has 0 fully saturated rings. The molecule has 104 valence electrons. The average molecular weight is 269 g/mol. The highest BCUT2D eigenvalue weighted by atomic mass is 15.2. The van der Waals surface area contributed by atoms with Crippen LogP contribution in [-0.4, -0.2) is 30.1 Å². The maximum atomic E-state index is 8.96. The van der Waals surface area contributed by atoms with Gasteiger partial charge in [0.15, 0.2) is 0 Å². The maximum Gasteiger partial charge on any atom is 0.225 e. The molecule has 0 aliphatic carbocycles. The minimum atomic E-state index is -0.0451. The van der Waals surface area contributed by atoms with E-state index in [1.165, 1.54) is 0 Å². The smallest absolute Gasteiger partial charge is 0.225 e. The Morgan fingerprint density at radius 1 is 1.35 bits per heavy atom. The Kier molecular flexibility index (Phi) is 4.36. The van der Waals surface area contributed by atoms with E-state index in [0.29, 0.717) is 12.5 Å². The van der Waals surface area contributed by atoms with E-state index >= 15 is 0 Å². The zero-order chi connectivity index (χ0) is 14.5. The van der Waals surface area contributed by atoms with Crippen molar-refractivity contribution in [3.05, 3.63) is 24.3 Å². The number of fused-ring (bicyclic) bond motifs is 1. The summed E-state index contributed by atoms with van der Waals surface area (Å²) in [5, 5.41) is 13.1. The molecule has 0 saturated carbocycles. The van der Waals surface area contributed by atoms with Crippen molar-refractivity contribution in [1.82, 2.24) is 9.97 Å². The van der Waals surface area contributed by atoms with E-state index in [-0.39, 0.29) is 5.92 Å². The third kappa shape index (κ3) is 2.97. The molecule has 1 heterocycles. The lowest BCUT2D eigenvalue weighted by atomic mass is 10.2. The molecule has 0 saturated heterocycles. The molecule has 1 aromatic carbocycles. The first-order valence-corrected chi connectivity index (χ1v) is 6.77. The number of anilines is 2. The van der Waals surface area contributed by atoms with Crippen LogP contribution in [0.2, 0.25) is 0 Å². The minimum absolute atomic E-state index is 0.0451. The SMILES string of the molecule is CCNc1nc(N(C)CC(C)C#N)c2ccccc2n1. The molecule has 1 unspecified atom stereocenters. The predicted octanol–water partition coefficient (Wildman–Crippen LogP) is 2.66. The van der Waals surface area contributed by atoms with Crippen LogP contribution < -0.4 is 10.2 Å². The van der Waals surface area contributed by atoms with Crippen LogP contribution >= 0.6 is 0 Å². The monoisotopic (exact) mass is 269 g/mol. The number of rotatable bonds is 5. The number of aromatic nitrogens is 2. The van der Waals surface area contributed by atoms with Crippen molar-refractivity contribution in [3.63, 3.8) is 0 Å². The van der Waals surface area contributed by atoms with Crippen molar-refractivity contribution in [2.24, 2.45) is 5.92 Å². The molecule has 0 bridgehead atoms. The van der Waals surface area contributed by atoms with Crippen LogP contribution in [0, 0.1) is 17.2 Å². The second kappa shape index (κ2) is 6.20. The summed E-state index contributed by atoms with van der Waals surface area (Å²) in [4.78, 5) is 11.1. The number of benzene rings is 1. The van der Waals surface area contributed by atoms with Crippen molar-refractivity contribution in [1.29, 1.82) is 5.26 Å². The normalized spacial score (nSPS) is 11.9. The van der Waals surface area contributed by atoms with Gasteiger partial charge in [0.2, 0.25) is 5.95 Å². The molecule has 2 rings (SSSR count). The summed E-state index contributed by atoms with van der Waals surface area (Å²) >= 11 is 0. The van der Waals surface area contributed by atoms with E-state index < -0.39 is 0 Å². The van der Waals surface area contributed by atoms with Crippen molar-refractivity contribution in [2.45, 2.75) is 13.8 Å². The highest BCUT2D eigenvalue weighted by Gasteiger charge is 2.13. The Morgan fingerprint density at radius 2 is 2.10 bits per heavy atom. The van der Waals surface area contributed by atoms with Crippen LogP contribution in [0.4, 0.5) is 11.8 Å². The summed E-state index contributed by atoms with van der Waals surface area (Å²) in [6, 6.07) is 10.2. The molecule has 0 amide bonds. The Bertz CT molecular complexity index is 632. The van der Waals surface area contributed by atoms with Gasteiger partial charge >= 0.3 is 0 Å². The van der Waals surface area contributed by atoms with Crippen LogP contribution in [0.5, 0.6) is 0 Å². The number of hydrogen-bond donors (Lipinski definition) is 1. The Hall–Kier alpha value is -2.35. The standard InChI is InChI=1S/C15H19N5/c1-4-17-15-18-13-8-6-5-7-12(13)14(19-15)20(3)10-11(2)9-16/h5-8,11H,4,10H2,1-3H3,(H,17,18,19). The van der Waals surface area contributed by atoms with Crippen LogP contribution in [0.3, 0.4) is 0 Å². The van der Waals surface area contributed by atoms with E-state index in [1.807, 2.05) is 50.1 Å². The lowest BCUT2D eigenvalue weighted by molar-refractivity contribution is 0.711. The summed E-state index contributed by atoms with van der Waals surface area (Å²) in [5.74, 6) is 1.43. The predicted molar refractivity (Wildman–Crippen MR) is 81.7 cm³/mol. The third-order valence-electron chi connectivity index (χ3n) is 3.05. The summed E-state index contributed by atoms with van der Waals surface area (Å²) in [6.07, 6.45) is 0. The Labute approximate surface area is 119 Å². The molecule has 0 spiro atoms. The van der Waals surface area contributed by atoms with E-state index in [1.54, 1.807) is 0 Å². The summed E-state index contributed by atoms with van der Waals surface area (Å²) < 4.78 is 0. The fraction of sp³-hybridized carbons (Fsp3) is 0.400. The fourth-order valence-electron chi connectivity index (χ4n) is 2.13. The quantitative estimate of drug-likeness (QED) is 0.904. The van der Waals surface area contributed by atoms with Gasteiger partial charge in [-0.05, 0) is 26.0 Å². The number of nitrogens with one attached hydrogen (secondary N) is 1. The largest absolute Gasteiger partial charge is 0.358 e. The van der Waals surface area contributed by atoms with Gasteiger partial charge in [-0.2, -0.15) is 10.2 Å². The second-order valence-corrected chi connectivity index (χ2v) is 4.83. The van der Waals surface area contributed by atoms with Crippen molar-refractivity contribution in [3.8, 4) is 6.07 Å². The molecular formula is C15H19N5. The number of nitrogens with zero attached hydrogens (tertiary/aromatic N) is 4. The first-order valence-electron chi connectivity index (χ1n) is 6.77. The van der Waals surface area contributed by atoms with Crippen molar-refractivity contribution < 1.29 is 0 Å². The Balaban J connectivity index is 2.46. The molecule has 1 atom stereocenters. The van der Waals surface area contributed by atoms with Crippen molar-refractivity contribution >= 4 is 22.7 Å². The van der Waals surface area contributed by atoms with Gasteiger partial charge in [-0.1, -0.05) is 12.1 Å². The van der Waals surface area contributed by atoms with E-state index in [2.05, 4.69) is 21.4 Å². The van der Waals surface area contributed by atoms with E-state index in [0.717, 1.165) is 23.3 Å². The first kappa shape index (κ1) is 14.1. The average Bonchev–Trinajstić information content (AvgIpc) is 2.46. The lowest BCUT2D eigenvalue weighted by Gasteiger charge is -2.21. The Morgan fingerprint density at radius 3 is 2.80 bits per heavy atom. The topological polar surface area (TPSA) is 64.8 Å². The van der Waals surface area contributed by atoms with Crippen LogP contribution in [0.25, 0.3) is 10.9 Å². The number of para-hydroxylation sites is 1. The zero-order valence-corrected chi connectivity index (χ0v) is 12.1. The number of hydrogen-bond acceptors (Lipinski definition) is 5. The number of nitriles is 1. The van der Waals surface area contributed by atoms with Crippen LogP contribution in [0.1, 0.15) is 13.8 Å². The molecule has 2 aromatic rings. The molecule has 5 nitrogen and oxygen atoms in total. The first-order chi connectivity index (χ1) is 9.65. The molecule has 0 aliphatic rings. The molecular weight excluding hydrogens is 250 g/mol. The van der Waals surface area contributed by atoms with Crippen molar-refractivity contribution in [2.75, 3.05) is 30.4 Å². The van der Waals surface area contributed by atoms with Gasteiger partial charge in [-0.15, -0.1) is 0 Å². The highest BCUT2D eigenvalue weighted by Crippen LogP contribution is 2.24. The van der Waals surface area contributed by atoms with Gasteiger partial charge < -0.3 is 10.2 Å². The highest BCUT2D eigenvalue weighted by molar-refractivity contribution is 5.90. The second-order valence-electron chi connectivity index (χ2n) is 4.83. The van der Waals surface area contributed by atoms with Gasteiger partial charge in [-0.25, -0.2) is 4.98 Å². The summed E-state index contributed by atoms with van der Waals surface area (Å²) in [6.45, 7) is 5.34. The van der Waals surface area contributed by atoms with Gasteiger partial charge in [-0.3, -0.25) is 0 Å². The third-order valence-corrected chi connectivity index (χ3v) is 3.05. The van der Waals surface area contributed by atoms with Gasteiger partial charge in [0, 0.05) is 25.5 Å². The van der Waals surface area contributed by atoms with E-state index in [9.17, 15) is 0 Å². The molecule has 0 aliphatic heterocycles. The van der Waals surface area contributed by atoms with E-state index in [4.69, 9.17) is 5.26 Å². The van der Waals surface area contributed by atoms with Crippen LogP contribution in [0.15, 0.2) is 24.3 Å². The van der Waals surface area contributed by atoms with Crippen LogP contribution in [-0.2, 0) is 0 Å². The molecule has 0 radical (unpaired) electrons.